The molecule has 0 aliphatic heterocycles. The minimum Gasteiger partial charge on any atom is -0.343 e. The van der Waals surface area contributed by atoms with E-state index in [0.717, 1.165) is 18.7 Å². The topological polar surface area (TPSA) is 17.0 Å². The van der Waals surface area contributed by atoms with Crippen molar-refractivity contribution in [2.24, 2.45) is 0 Å². The van der Waals surface area contributed by atoms with Gasteiger partial charge in [0.05, 0.1) is 10.0 Å². The van der Waals surface area contributed by atoms with E-state index in [4.69, 9.17) is 23.2 Å². The maximum atomic E-state index is 6.15. The van der Waals surface area contributed by atoms with Crippen LogP contribution in [0.15, 0.2) is 48.7 Å². The number of hydrogen-bond donors (Lipinski definition) is 1. The smallest absolute Gasteiger partial charge is 0.0595 e. The molecule has 0 saturated carbocycles. The molecule has 1 aromatic heterocycles. The third-order valence-electron chi connectivity index (χ3n) is 4.02. The van der Waals surface area contributed by atoms with Gasteiger partial charge >= 0.3 is 0 Å². The number of halogens is 2. The van der Waals surface area contributed by atoms with Crippen LogP contribution in [0.3, 0.4) is 0 Å². The molecule has 0 spiro atoms. The van der Waals surface area contributed by atoms with Crippen molar-refractivity contribution >= 4 is 34.1 Å². The van der Waals surface area contributed by atoms with Crippen LogP contribution < -0.4 is 5.32 Å². The van der Waals surface area contributed by atoms with E-state index in [1.165, 1.54) is 16.5 Å². The van der Waals surface area contributed by atoms with E-state index in [-0.39, 0.29) is 5.54 Å². The van der Waals surface area contributed by atoms with Crippen molar-refractivity contribution in [3.05, 3.63) is 69.8 Å². The van der Waals surface area contributed by atoms with E-state index in [1.807, 2.05) is 18.2 Å². The minimum atomic E-state index is 0.0902. The van der Waals surface area contributed by atoms with Gasteiger partial charge < -0.3 is 9.88 Å². The van der Waals surface area contributed by atoms with Crippen molar-refractivity contribution in [2.75, 3.05) is 0 Å². The Bertz CT molecular complexity index is 860. The Hall–Kier alpha value is -1.48. The lowest BCUT2D eigenvalue weighted by atomic mass is 10.1. The summed E-state index contributed by atoms with van der Waals surface area (Å²) in [6.07, 6.45) is 2.23. The molecule has 1 N–H and O–H groups in total. The predicted molar refractivity (Wildman–Crippen MR) is 104 cm³/mol. The largest absolute Gasteiger partial charge is 0.343 e. The zero-order chi connectivity index (χ0) is 17.3. The number of nitrogens with zero attached hydrogens (tertiary/aromatic N) is 1. The molecule has 24 heavy (non-hydrogen) atoms. The first-order valence-corrected chi connectivity index (χ1v) is 8.85. The second-order valence-corrected chi connectivity index (χ2v) is 7.97. The van der Waals surface area contributed by atoms with Crippen molar-refractivity contribution in [1.29, 1.82) is 0 Å². The highest BCUT2D eigenvalue weighted by atomic mass is 35.5. The normalized spacial score (nSPS) is 12.0. The van der Waals surface area contributed by atoms with E-state index in [0.29, 0.717) is 10.0 Å². The van der Waals surface area contributed by atoms with Crippen LogP contribution in [0.5, 0.6) is 0 Å². The average molecular weight is 361 g/mol. The standard InChI is InChI=1S/C20H22Cl2N2/c1-20(2,3)23-11-15-13-24(19-7-5-4-6-16(15)19)12-14-8-9-17(21)18(22)10-14/h4-10,13,23H,11-12H2,1-3H3. The summed E-state index contributed by atoms with van der Waals surface area (Å²) in [5.74, 6) is 0. The van der Waals surface area contributed by atoms with E-state index in [9.17, 15) is 0 Å². The van der Waals surface area contributed by atoms with Gasteiger partial charge in [0, 0.05) is 35.7 Å². The molecule has 0 unspecified atom stereocenters. The molecule has 0 aliphatic carbocycles. The Morgan fingerprint density at radius 1 is 1.00 bits per heavy atom. The van der Waals surface area contributed by atoms with Crippen LogP contribution in [0.4, 0.5) is 0 Å². The van der Waals surface area contributed by atoms with Crippen LogP contribution >= 0.6 is 23.2 Å². The second kappa shape index (κ2) is 6.79. The lowest BCUT2D eigenvalue weighted by molar-refractivity contribution is 0.425. The van der Waals surface area contributed by atoms with Gasteiger partial charge in [-0.15, -0.1) is 0 Å². The van der Waals surface area contributed by atoms with Crippen LogP contribution in [0.1, 0.15) is 31.9 Å². The Kier molecular flexibility index (Phi) is 4.91. The van der Waals surface area contributed by atoms with Crippen molar-refractivity contribution in [1.82, 2.24) is 9.88 Å². The summed E-state index contributed by atoms with van der Waals surface area (Å²) in [7, 11) is 0. The van der Waals surface area contributed by atoms with Crippen LogP contribution in [-0.4, -0.2) is 10.1 Å². The molecule has 3 aromatic rings. The summed E-state index contributed by atoms with van der Waals surface area (Å²) in [4.78, 5) is 0. The molecule has 3 rings (SSSR count). The number of rotatable bonds is 4. The van der Waals surface area contributed by atoms with Crippen LogP contribution in [-0.2, 0) is 13.1 Å². The second-order valence-electron chi connectivity index (χ2n) is 7.15. The molecule has 0 aliphatic rings. The summed E-state index contributed by atoms with van der Waals surface area (Å²) in [6.45, 7) is 8.16. The highest BCUT2D eigenvalue weighted by Gasteiger charge is 2.13. The van der Waals surface area contributed by atoms with Gasteiger partial charge in [0.1, 0.15) is 0 Å². The predicted octanol–water partition coefficient (Wildman–Crippen LogP) is 5.88. The zero-order valence-corrected chi connectivity index (χ0v) is 15.7. The highest BCUT2D eigenvalue weighted by Crippen LogP contribution is 2.26. The number of para-hydroxylation sites is 1. The van der Waals surface area contributed by atoms with Crippen LogP contribution in [0.25, 0.3) is 10.9 Å². The average Bonchev–Trinajstić information content (AvgIpc) is 2.87. The lowest BCUT2D eigenvalue weighted by Crippen LogP contribution is -2.34. The fourth-order valence-corrected chi connectivity index (χ4v) is 3.11. The highest BCUT2D eigenvalue weighted by molar-refractivity contribution is 6.42. The maximum absolute atomic E-state index is 6.15. The van der Waals surface area contributed by atoms with Gasteiger partial charge in [-0.05, 0) is 50.1 Å². The fourth-order valence-electron chi connectivity index (χ4n) is 2.79. The third-order valence-corrected chi connectivity index (χ3v) is 4.76. The molecule has 0 atom stereocenters. The molecule has 4 heteroatoms. The Morgan fingerprint density at radius 2 is 1.75 bits per heavy atom. The summed E-state index contributed by atoms with van der Waals surface area (Å²) in [5, 5.41) is 6.05. The van der Waals surface area contributed by atoms with Crippen molar-refractivity contribution in [3.8, 4) is 0 Å². The van der Waals surface area contributed by atoms with E-state index in [2.05, 4.69) is 61.1 Å². The quantitative estimate of drug-likeness (QED) is 0.614. The Morgan fingerprint density at radius 3 is 2.46 bits per heavy atom. The summed E-state index contributed by atoms with van der Waals surface area (Å²) in [6, 6.07) is 14.3. The van der Waals surface area contributed by atoms with Gasteiger partial charge in [-0.3, -0.25) is 0 Å². The molecule has 126 valence electrons. The monoisotopic (exact) mass is 360 g/mol. The first-order chi connectivity index (χ1) is 11.3. The van der Waals surface area contributed by atoms with Crippen molar-refractivity contribution < 1.29 is 0 Å². The lowest BCUT2D eigenvalue weighted by Gasteiger charge is -2.20. The van der Waals surface area contributed by atoms with E-state index < -0.39 is 0 Å². The number of aromatic nitrogens is 1. The summed E-state index contributed by atoms with van der Waals surface area (Å²) >= 11 is 12.2. The molecule has 0 amide bonds. The number of fused-ring (bicyclic) bond motifs is 1. The molecule has 2 aromatic carbocycles. The van der Waals surface area contributed by atoms with Crippen molar-refractivity contribution in [2.45, 2.75) is 39.4 Å². The van der Waals surface area contributed by atoms with E-state index >= 15 is 0 Å². The molecule has 0 radical (unpaired) electrons. The molecular formula is C20H22Cl2N2. The first-order valence-electron chi connectivity index (χ1n) is 8.09. The zero-order valence-electron chi connectivity index (χ0n) is 14.2. The van der Waals surface area contributed by atoms with E-state index in [1.54, 1.807) is 0 Å². The first kappa shape index (κ1) is 17.3. The Labute approximate surface area is 153 Å². The number of nitrogens with one attached hydrogen (secondary N) is 1. The van der Waals surface area contributed by atoms with Crippen LogP contribution in [0.2, 0.25) is 10.0 Å². The number of benzene rings is 2. The van der Waals surface area contributed by atoms with Gasteiger partial charge in [0.15, 0.2) is 0 Å². The van der Waals surface area contributed by atoms with Gasteiger partial charge in [-0.1, -0.05) is 47.5 Å². The molecule has 0 saturated heterocycles. The summed E-state index contributed by atoms with van der Waals surface area (Å²) < 4.78 is 2.27. The van der Waals surface area contributed by atoms with Crippen LogP contribution in [0, 0.1) is 0 Å². The third kappa shape index (κ3) is 3.94. The molecular weight excluding hydrogens is 339 g/mol. The van der Waals surface area contributed by atoms with Gasteiger partial charge in [0.25, 0.3) is 0 Å². The fraction of sp³-hybridized carbons (Fsp3) is 0.300. The van der Waals surface area contributed by atoms with Gasteiger partial charge in [-0.25, -0.2) is 0 Å². The SMILES string of the molecule is CC(C)(C)NCc1cn(Cc2ccc(Cl)c(Cl)c2)c2ccccc12. The molecule has 0 fully saturated rings. The number of hydrogen-bond acceptors (Lipinski definition) is 1. The summed E-state index contributed by atoms with van der Waals surface area (Å²) in [5.41, 5.74) is 3.77. The molecule has 2 nitrogen and oxygen atoms in total. The minimum absolute atomic E-state index is 0.0902. The molecule has 1 heterocycles. The van der Waals surface area contributed by atoms with Gasteiger partial charge in [0.2, 0.25) is 0 Å². The Balaban J connectivity index is 1.94. The van der Waals surface area contributed by atoms with Gasteiger partial charge in [-0.2, -0.15) is 0 Å². The maximum Gasteiger partial charge on any atom is 0.0595 e. The molecule has 0 bridgehead atoms. The van der Waals surface area contributed by atoms with Crippen molar-refractivity contribution in [3.63, 3.8) is 0 Å².